The maximum absolute atomic E-state index is 14.7. The van der Waals surface area contributed by atoms with Gasteiger partial charge >= 0.3 is 12.1 Å². The largest absolute Gasteiger partial charge is 0.464 e. The van der Waals surface area contributed by atoms with Crippen LogP contribution in [-0.4, -0.2) is 151 Å². The number of esters is 1. The van der Waals surface area contributed by atoms with Gasteiger partial charge in [0.05, 0.1) is 54.9 Å². The maximum atomic E-state index is 14.7. The van der Waals surface area contributed by atoms with Gasteiger partial charge in [0.15, 0.2) is 0 Å². The van der Waals surface area contributed by atoms with Crippen LogP contribution in [-0.2, 0) is 46.4 Å². The van der Waals surface area contributed by atoms with Gasteiger partial charge in [-0.2, -0.15) is 13.2 Å². The zero-order valence-electron chi connectivity index (χ0n) is 42.4. The van der Waals surface area contributed by atoms with Gasteiger partial charge in [0, 0.05) is 72.9 Å². The number of hydrazine groups is 1. The second kappa shape index (κ2) is 21.2. The predicted octanol–water partition coefficient (Wildman–Crippen LogP) is 5.93. The highest BCUT2D eigenvalue weighted by molar-refractivity contribution is 5.95. The second-order valence-corrected chi connectivity index (χ2v) is 21.5. The zero-order valence-corrected chi connectivity index (χ0v) is 42.4. The molecule has 4 atom stereocenters. The first-order chi connectivity index (χ1) is 32.9. The molecule has 4 aliphatic heterocycles. The first-order valence-corrected chi connectivity index (χ1v) is 24.6. The highest BCUT2D eigenvalue weighted by Gasteiger charge is 2.40. The summed E-state index contributed by atoms with van der Waals surface area (Å²) in [5.41, 5.74) is 5.46. The number of fused-ring (bicyclic) bond motifs is 6. The maximum Gasteiger partial charge on any atom is 0.406 e. The number of carbonyl (C=O) groups excluding carboxylic acids is 4. The van der Waals surface area contributed by atoms with Crippen LogP contribution >= 0.6 is 0 Å². The van der Waals surface area contributed by atoms with Crippen LogP contribution in [0.25, 0.3) is 22.2 Å². The summed E-state index contributed by atoms with van der Waals surface area (Å²) < 4.78 is 63.9. The number of rotatable bonds is 10. The Morgan fingerprint density at radius 2 is 1.81 bits per heavy atom. The van der Waals surface area contributed by atoms with Crippen molar-refractivity contribution in [1.82, 2.24) is 35.1 Å². The number of carbonyl (C=O) groups is 4. The topological polar surface area (TPSA) is 151 Å². The molecule has 15 nitrogen and oxygen atoms in total. The van der Waals surface area contributed by atoms with E-state index in [0.717, 1.165) is 5.69 Å². The fourth-order valence-electron chi connectivity index (χ4n) is 9.49. The lowest BCUT2D eigenvalue weighted by molar-refractivity contribution is -0.156. The third-order valence-corrected chi connectivity index (χ3v) is 14.1. The molecule has 382 valence electrons. The Balaban J connectivity index is 1.19. The van der Waals surface area contributed by atoms with E-state index in [4.69, 9.17) is 14.2 Å². The van der Waals surface area contributed by atoms with Gasteiger partial charge in [-0.05, 0) is 101 Å². The number of pyridine rings is 1. The van der Waals surface area contributed by atoms with E-state index in [1.54, 1.807) is 23.2 Å². The molecule has 6 heterocycles. The molecule has 0 aliphatic carbocycles. The van der Waals surface area contributed by atoms with Crippen molar-refractivity contribution in [3.05, 3.63) is 47.8 Å². The number of nitrogens with zero attached hydrogens (tertiary/aromatic N) is 6. The highest BCUT2D eigenvalue weighted by atomic mass is 19.4. The smallest absolute Gasteiger partial charge is 0.406 e. The molecule has 0 radical (unpaired) electrons. The summed E-state index contributed by atoms with van der Waals surface area (Å²) in [5.74, 6) is 3.20. The molecule has 0 unspecified atom stereocenters. The average molecular weight is 977 g/mol. The van der Waals surface area contributed by atoms with Gasteiger partial charge in [0.2, 0.25) is 5.91 Å². The van der Waals surface area contributed by atoms with Crippen LogP contribution in [0.2, 0.25) is 0 Å². The second-order valence-electron chi connectivity index (χ2n) is 21.5. The molecule has 7 rings (SSSR count). The molecule has 0 spiro atoms. The fourth-order valence-corrected chi connectivity index (χ4v) is 9.49. The van der Waals surface area contributed by atoms with Gasteiger partial charge in [-0.1, -0.05) is 47.5 Å². The molecule has 3 aromatic rings. The van der Waals surface area contributed by atoms with E-state index in [1.807, 2.05) is 92.6 Å². The van der Waals surface area contributed by atoms with Gasteiger partial charge in [0.1, 0.15) is 18.6 Å². The Bertz CT molecular complexity index is 2470. The van der Waals surface area contributed by atoms with Gasteiger partial charge in [-0.3, -0.25) is 34.1 Å². The van der Waals surface area contributed by atoms with Crippen molar-refractivity contribution < 1.29 is 46.6 Å². The minimum absolute atomic E-state index is 0.0476. The number of hydrogen-bond acceptors (Lipinski definition) is 11. The number of likely N-dealkylation sites (tertiary alicyclic amines) is 1. The highest BCUT2D eigenvalue weighted by Crippen LogP contribution is 2.43. The van der Waals surface area contributed by atoms with Crippen molar-refractivity contribution in [2.75, 3.05) is 71.5 Å². The fraction of sp³-hybridized carbons (Fsp3) is 0.635. The molecule has 0 saturated carbocycles. The van der Waals surface area contributed by atoms with Crippen molar-refractivity contribution >= 4 is 40.3 Å². The van der Waals surface area contributed by atoms with Crippen molar-refractivity contribution in [2.45, 2.75) is 130 Å². The first kappa shape index (κ1) is 52.6. The van der Waals surface area contributed by atoms with Crippen LogP contribution in [0.15, 0.2) is 36.5 Å². The lowest BCUT2D eigenvalue weighted by Gasteiger charge is -2.39. The van der Waals surface area contributed by atoms with Gasteiger partial charge in [-0.15, -0.1) is 0 Å². The molecular formula is C52H71F3N8O7. The van der Waals surface area contributed by atoms with Crippen molar-refractivity contribution in [3.8, 4) is 23.1 Å². The van der Waals surface area contributed by atoms with E-state index in [2.05, 4.69) is 32.5 Å². The SMILES string of the molecule is CC(C)c1ncccc1-c1c2c3cc(ccc3n1CC(F)(F)F)N1CCO[C@@H](C[C@H](NC(=O)[C@@H](COC3CN(C(=O)C#CC(C)(C)N(C)C)C3)C(C)C)C(=O)N3CCC[C@H](N3)C(=O)OCC(C)(C)C2)C1. The lowest BCUT2D eigenvalue weighted by atomic mass is 9.84. The molecular weight excluding hydrogens is 906 g/mol. The molecule has 4 aliphatic rings. The van der Waals surface area contributed by atoms with Gasteiger partial charge < -0.3 is 33.9 Å². The number of benzene rings is 1. The molecule has 1 aromatic carbocycles. The minimum atomic E-state index is -4.54. The first-order valence-electron chi connectivity index (χ1n) is 24.6. The molecule has 3 fully saturated rings. The van der Waals surface area contributed by atoms with Crippen LogP contribution in [0.1, 0.15) is 91.8 Å². The van der Waals surface area contributed by atoms with Crippen molar-refractivity contribution in [2.24, 2.45) is 17.3 Å². The van der Waals surface area contributed by atoms with Gasteiger partial charge in [-0.25, -0.2) is 5.43 Å². The number of hydrogen-bond donors (Lipinski definition) is 2. The summed E-state index contributed by atoms with van der Waals surface area (Å²) in [7, 11) is 3.80. The number of halogens is 3. The summed E-state index contributed by atoms with van der Waals surface area (Å²) in [6.45, 7) is 16.4. The number of anilines is 1. The predicted molar refractivity (Wildman–Crippen MR) is 260 cm³/mol. The average Bonchev–Trinajstić information content (AvgIpc) is 3.56. The van der Waals surface area contributed by atoms with Crippen LogP contribution in [0.3, 0.4) is 0 Å². The molecule has 2 aromatic heterocycles. The molecule has 6 bridgehead atoms. The van der Waals surface area contributed by atoms with E-state index in [-0.39, 0.29) is 62.4 Å². The number of morpholine rings is 1. The zero-order chi connectivity index (χ0) is 50.9. The number of aromatic nitrogens is 2. The van der Waals surface area contributed by atoms with Gasteiger partial charge in [0.25, 0.3) is 11.8 Å². The number of ether oxygens (including phenoxy) is 3. The quantitative estimate of drug-likeness (QED) is 0.184. The van der Waals surface area contributed by atoms with Crippen LogP contribution in [0.4, 0.5) is 18.9 Å². The standard InChI is InChI=1S/C52H71F3N8O7/c1-32(2)40(29-69-36-27-61(28-36)44(64)17-18-51(7,8)59(9)10)47(65)57-42-24-35-26-60(21-22-68-35)34-15-16-43-38(23-34)39(25-50(5,6)31-70-49(67)41-14-12-20-63(58-41)48(42)66)46(62(43)30-52(53,54)55)37-13-11-19-56-45(37)33(3)4/h11,13,15-16,19,23,32-33,35-36,40-42,58H,12,14,20-22,24-31H2,1-10H3,(H,57,65)/t35-,40-,41-,42-/m0/s1. The van der Waals surface area contributed by atoms with E-state index in [0.29, 0.717) is 79.0 Å². The van der Waals surface area contributed by atoms with Crippen LogP contribution in [0.5, 0.6) is 0 Å². The minimum Gasteiger partial charge on any atom is -0.464 e. The van der Waals surface area contributed by atoms with Crippen molar-refractivity contribution in [1.29, 1.82) is 0 Å². The lowest BCUT2D eigenvalue weighted by Crippen LogP contribution is -2.61. The molecule has 2 N–H and O–H groups in total. The Morgan fingerprint density at radius 3 is 2.50 bits per heavy atom. The Labute approximate surface area is 410 Å². The summed E-state index contributed by atoms with van der Waals surface area (Å²) in [4.78, 5) is 66.0. The third-order valence-electron chi connectivity index (χ3n) is 14.1. The summed E-state index contributed by atoms with van der Waals surface area (Å²) in [6.07, 6.45) is -2.46. The molecule has 18 heteroatoms. The number of nitrogens with one attached hydrogen (secondary N) is 2. The summed E-state index contributed by atoms with van der Waals surface area (Å²) in [6, 6.07) is 7.15. The Kier molecular flexibility index (Phi) is 16.0. The normalized spacial score (nSPS) is 22.1. The number of amides is 3. The third kappa shape index (κ3) is 12.3. The van der Waals surface area contributed by atoms with E-state index in [9.17, 15) is 32.3 Å². The van der Waals surface area contributed by atoms with E-state index >= 15 is 0 Å². The Morgan fingerprint density at radius 1 is 1.07 bits per heavy atom. The van der Waals surface area contributed by atoms with Crippen LogP contribution in [0, 0.1) is 29.1 Å². The van der Waals surface area contributed by atoms with E-state index < -0.39 is 59.7 Å². The molecule has 3 saturated heterocycles. The number of cyclic esters (lactones) is 1. The van der Waals surface area contributed by atoms with Crippen LogP contribution < -0.4 is 15.6 Å². The molecule has 3 amide bonds. The summed E-state index contributed by atoms with van der Waals surface area (Å²) in [5, 5.41) is 5.09. The Hall–Kier alpha value is -5.22. The van der Waals surface area contributed by atoms with E-state index in [1.165, 1.54) is 9.58 Å². The van der Waals surface area contributed by atoms with Crippen molar-refractivity contribution in [3.63, 3.8) is 0 Å². The molecule has 70 heavy (non-hydrogen) atoms. The monoisotopic (exact) mass is 977 g/mol. The number of alkyl halides is 3. The summed E-state index contributed by atoms with van der Waals surface area (Å²) >= 11 is 0.